The van der Waals surface area contributed by atoms with Crippen LogP contribution in [0.5, 0.6) is 11.5 Å². The molecule has 0 aliphatic rings. The fourth-order valence-electron chi connectivity index (χ4n) is 2.62. The number of rotatable bonds is 8. The van der Waals surface area contributed by atoms with E-state index in [2.05, 4.69) is 50.6 Å². The Labute approximate surface area is 171 Å². The second-order valence-electron chi connectivity index (χ2n) is 5.98. The van der Waals surface area contributed by atoms with Gasteiger partial charge in [-0.2, -0.15) is 5.10 Å². The van der Waals surface area contributed by atoms with Crippen LogP contribution in [-0.4, -0.2) is 21.5 Å². The maximum Gasteiger partial charge on any atom is 0.214 e. The van der Waals surface area contributed by atoms with Gasteiger partial charge in [-0.3, -0.25) is 5.10 Å². The molecule has 0 aliphatic heterocycles. The molecule has 0 saturated carbocycles. The van der Waals surface area contributed by atoms with Crippen LogP contribution < -0.4 is 14.9 Å². The summed E-state index contributed by atoms with van der Waals surface area (Å²) < 4.78 is 14.9. The number of aromatic nitrogens is 3. The quantitative estimate of drug-likeness (QED) is 0.487. The zero-order valence-corrected chi connectivity index (χ0v) is 17.6. The smallest absolute Gasteiger partial charge is 0.214 e. The summed E-state index contributed by atoms with van der Waals surface area (Å²) in [4.78, 5) is 0. The van der Waals surface area contributed by atoms with E-state index < -0.39 is 0 Å². The predicted molar refractivity (Wildman–Crippen MR) is 111 cm³/mol. The third-order valence-electron chi connectivity index (χ3n) is 3.84. The monoisotopic (exact) mass is 448 g/mol. The number of aryl methyl sites for hydroxylation is 1. The standard InChI is InChI=1S/C19H21BrN4O2S/c1-3-25-17-9-15(10-22-24-12-21-23-19(24)27)8-16(20)18(17)26-11-14-6-4-5-13(2)7-14/h4-9,12,22H,3,10-11H2,1-2H3,(H,23,27). The molecule has 2 N–H and O–H groups in total. The summed E-state index contributed by atoms with van der Waals surface area (Å²) in [5.41, 5.74) is 6.54. The summed E-state index contributed by atoms with van der Waals surface area (Å²) in [6.07, 6.45) is 1.60. The van der Waals surface area contributed by atoms with Crippen molar-refractivity contribution >= 4 is 28.1 Å². The Hall–Kier alpha value is -2.32. The van der Waals surface area contributed by atoms with Crippen molar-refractivity contribution in [3.8, 4) is 11.5 Å². The van der Waals surface area contributed by atoms with Crippen LogP contribution >= 0.6 is 28.1 Å². The number of benzene rings is 2. The van der Waals surface area contributed by atoms with Gasteiger partial charge in [0.1, 0.15) is 12.9 Å². The molecule has 1 heterocycles. The van der Waals surface area contributed by atoms with Crippen LogP contribution in [0.15, 0.2) is 47.2 Å². The van der Waals surface area contributed by atoms with Gasteiger partial charge in [-0.15, -0.1) is 0 Å². The van der Waals surface area contributed by atoms with Crippen molar-refractivity contribution in [2.24, 2.45) is 0 Å². The van der Waals surface area contributed by atoms with E-state index >= 15 is 0 Å². The van der Waals surface area contributed by atoms with Crippen LogP contribution in [0.1, 0.15) is 23.6 Å². The lowest BCUT2D eigenvalue weighted by Crippen LogP contribution is -2.13. The first-order valence-electron chi connectivity index (χ1n) is 8.56. The van der Waals surface area contributed by atoms with E-state index in [1.807, 2.05) is 31.2 Å². The summed E-state index contributed by atoms with van der Waals surface area (Å²) in [7, 11) is 0. The van der Waals surface area contributed by atoms with E-state index in [0.717, 1.165) is 15.6 Å². The first kappa shape index (κ1) is 19.4. The number of ether oxygens (including phenoxy) is 2. The van der Waals surface area contributed by atoms with Crippen LogP contribution in [0.4, 0.5) is 0 Å². The molecule has 0 saturated heterocycles. The van der Waals surface area contributed by atoms with Crippen LogP contribution in [-0.2, 0) is 13.2 Å². The summed E-state index contributed by atoms with van der Waals surface area (Å²) in [5, 5.41) is 6.59. The van der Waals surface area contributed by atoms with Crippen molar-refractivity contribution in [3.05, 3.63) is 68.7 Å². The van der Waals surface area contributed by atoms with Gasteiger partial charge >= 0.3 is 0 Å². The molecule has 27 heavy (non-hydrogen) atoms. The number of hydrogen-bond donors (Lipinski definition) is 2. The molecule has 0 fully saturated rings. The minimum atomic E-state index is 0.474. The fourth-order valence-corrected chi connectivity index (χ4v) is 3.39. The lowest BCUT2D eigenvalue weighted by Gasteiger charge is -2.16. The molecule has 0 spiro atoms. The van der Waals surface area contributed by atoms with Crippen molar-refractivity contribution in [1.29, 1.82) is 0 Å². The molecule has 8 heteroatoms. The largest absolute Gasteiger partial charge is 0.490 e. The number of nitrogens with one attached hydrogen (secondary N) is 2. The Morgan fingerprint density at radius 1 is 1.22 bits per heavy atom. The first-order chi connectivity index (χ1) is 13.1. The first-order valence-corrected chi connectivity index (χ1v) is 9.76. The SMILES string of the molecule is CCOc1cc(CNn2cn[nH]c2=S)cc(Br)c1OCc1cccc(C)c1. The van der Waals surface area contributed by atoms with E-state index in [0.29, 0.717) is 36.0 Å². The van der Waals surface area contributed by atoms with Crippen LogP contribution in [0.25, 0.3) is 0 Å². The fraction of sp³-hybridized carbons (Fsp3) is 0.263. The zero-order valence-electron chi connectivity index (χ0n) is 15.2. The van der Waals surface area contributed by atoms with Gasteiger partial charge in [0, 0.05) is 0 Å². The molecule has 0 aliphatic carbocycles. The van der Waals surface area contributed by atoms with Gasteiger partial charge in [0.15, 0.2) is 11.5 Å². The number of nitrogens with zero attached hydrogens (tertiary/aromatic N) is 2. The van der Waals surface area contributed by atoms with Gasteiger partial charge in [0.05, 0.1) is 17.6 Å². The maximum atomic E-state index is 6.06. The van der Waals surface area contributed by atoms with Crippen molar-refractivity contribution in [2.75, 3.05) is 12.0 Å². The Kier molecular flexibility index (Phi) is 6.52. The number of aromatic amines is 1. The molecule has 0 atom stereocenters. The van der Waals surface area contributed by atoms with Crippen LogP contribution in [0, 0.1) is 11.7 Å². The average molecular weight is 449 g/mol. The third kappa shape index (κ3) is 5.11. The molecule has 1 aromatic heterocycles. The highest BCUT2D eigenvalue weighted by atomic mass is 79.9. The minimum absolute atomic E-state index is 0.474. The average Bonchev–Trinajstić information content (AvgIpc) is 3.04. The van der Waals surface area contributed by atoms with Gasteiger partial charge in [0.2, 0.25) is 4.77 Å². The van der Waals surface area contributed by atoms with Gasteiger partial charge in [-0.25, -0.2) is 4.68 Å². The Morgan fingerprint density at radius 2 is 2.07 bits per heavy atom. The summed E-state index contributed by atoms with van der Waals surface area (Å²) in [6.45, 7) is 5.61. The maximum absolute atomic E-state index is 6.06. The lowest BCUT2D eigenvalue weighted by molar-refractivity contribution is 0.267. The minimum Gasteiger partial charge on any atom is -0.490 e. The topological polar surface area (TPSA) is 64.1 Å². The Balaban J connectivity index is 1.77. The number of hydrogen-bond acceptors (Lipinski definition) is 5. The lowest BCUT2D eigenvalue weighted by atomic mass is 10.1. The second-order valence-corrected chi connectivity index (χ2v) is 7.22. The van der Waals surface area contributed by atoms with Gasteiger partial charge in [0.25, 0.3) is 0 Å². The van der Waals surface area contributed by atoms with E-state index in [-0.39, 0.29) is 0 Å². The van der Waals surface area contributed by atoms with E-state index in [1.54, 1.807) is 11.0 Å². The molecular weight excluding hydrogens is 428 g/mol. The predicted octanol–water partition coefficient (Wildman–Crippen LogP) is 4.73. The summed E-state index contributed by atoms with van der Waals surface area (Å²) in [6, 6.07) is 12.2. The highest BCUT2D eigenvalue weighted by Gasteiger charge is 2.13. The van der Waals surface area contributed by atoms with E-state index in [4.69, 9.17) is 21.7 Å². The van der Waals surface area contributed by atoms with Crippen molar-refractivity contribution < 1.29 is 9.47 Å². The molecule has 3 aromatic rings. The molecule has 0 bridgehead atoms. The molecule has 6 nitrogen and oxygen atoms in total. The normalized spacial score (nSPS) is 10.6. The van der Waals surface area contributed by atoms with Crippen molar-refractivity contribution in [2.45, 2.75) is 27.0 Å². The molecule has 3 rings (SSSR count). The van der Waals surface area contributed by atoms with Crippen molar-refractivity contribution in [1.82, 2.24) is 14.9 Å². The third-order valence-corrected chi connectivity index (χ3v) is 4.72. The molecule has 2 aromatic carbocycles. The zero-order chi connectivity index (χ0) is 19.2. The molecule has 0 amide bonds. The summed E-state index contributed by atoms with van der Waals surface area (Å²) >= 11 is 8.74. The Bertz CT molecular complexity index is 970. The molecule has 0 radical (unpaired) electrons. The number of H-pyrrole nitrogens is 1. The van der Waals surface area contributed by atoms with E-state index in [9.17, 15) is 0 Å². The van der Waals surface area contributed by atoms with Gasteiger partial charge in [-0.1, -0.05) is 29.8 Å². The molecule has 142 valence electrons. The molecular formula is C19H21BrN4O2S. The van der Waals surface area contributed by atoms with Crippen molar-refractivity contribution in [3.63, 3.8) is 0 Å². The number of halogens is 1. The molecule has 0 unspecified atom stereocenters. The van der Waals surface area contributed by atoms with Gasteiger partial charge < -0.3 is 14.9 Å². The van der Waals surface area contributed by atoms with Crippen LogP contribution in [0.3, 0.4) is 0 Å². The highest BCUT2D eigenvalue weighted by Crippen LogP contribution is 2.37. The highest BCUT2D eigenvalue weighted by molar-refractivity contribution is 9.10. The van der Waals surface area contributed by atoms with E-state index in [1.165, 1.54) is 5.56 Å². The second kappa shape index (κ2) is 9.05. The van der Waals surface area contributed by atoms with Crippen LogP contribution in [0.2, 0.25) is 0 Å². The Morgan fingerprint density at radius 3 is 2.78 bits per heavy atom. The summed E-state index contributed by atoms with van der Waals surface area (Å²) in [5.74, 6) is 1.40. The van der Waals surface area contributed by atoms with Gasteiger partial charge in [-0.05, 0) is 65.3 Å².